The number of aromatic amines is 1. The fourth-order valence-electron chi connectivity index (χ4n) is 2.38. The zero-order valence-electron chi connectivity index (χ0n) is 13.4. The van der Waals surface area contributed by atoms with E-state index < -0.39 is 5.97 Å². The van der Waals surface area contributed by atoms with Gasteiger partial charge in [-0.3, -0.25) is 4.79 Å². The van der Waals surface area contributed by atoms with Crippen molar-refractivity contribution in [1.82, 2.24) is 4.98 Å². The molecular formula is C17H18FNO3S. The number of carbonyl (C=O) groups excluding carboxylic acids is 2. The second-order valence-corrected chi connectivity index (χ2v) is 6.61. The Kier molecular flexibility index (Phi) is 5.26. The van der Waals surface area contributed by atoms with Gasteiger partial charge in [-0.25, -0.2) is 9.18 Å². The molecule has 0 amide bonds. The number of Topliss-reactive ketones (excluding diaryl/α,β-unsaturated/α-hetero) is 1. The number of hydrogen-bond acceptors (Lipinski definition) is 4. The summed E-state index contributed by atoms with van der Waals surface area (Å²) in [7, 11) is 1.31. The fourth-order valence-corrected chi connectivity index (χ4v) is 3.31. The number of esters is 1. The molecule has 0 spiro atoms. The van der Waals surface area contributed by atoms with Crippen molar-refractivity contribution in [3.63, 3.8) is 0 Å². The lowest BCUT2D eigenvalue weighted by Crippen LogP contribution is -2.15. The summed E-state index contributed by atoms with van der Waals surface area (Å²) in [5, 5.41) is -0.372. The summed E-state index contributed by atoms with van der Waals surface area (Å²) in [5.41, 5.74) is 2.00. The highest BCUT2D eigenvalue weighted by Crippen LogP contribution is 2.28. The second kappa shape index (κ2) is 7.00. The number of aryl methyl sites for hydroxylation is 1. The Morgan fingerprint density at radius 3 is 2.39 bits per heavy atom. The number of thioether (sulfide) groups is 1. The van der Waals surface area contributed by atoms with Crippen molar-refractivity contribution in [2.45, 2.75) is 30.9 Å². The summed E-state index contributed by atoms with van der Waals surface area (Å²) < 4.78 is 17.7. The van der Waals surface area contributed by atoms with Crippen LogP contribution in [0.4, 0.5) is 4.39 Å². The van der Waals surface area contributed by atoms with Crippen LogP contribution in [0.1, 0.15) is 39.0 Å². The highest BCUT2D eigenvalue weighted by atomic mass is 32.2. The minimum Gasteiger partial charge on any atom is -0.465 e. The van der Waals surface area contributed by atoms with E-state index >= 15 is 0 Å². The third-order valence-electron chi connectivity index (χ3n) is 3.57. The molecule has 23 heavy (non-hydrogen) atoms. The quantitative estimate of drug-likeness (QED) is 0.511. The van der Waals surface area contributed by atoms with Crippen molar-refractivity contribution in [2.75, 3.05) is 7.11 Å². The lowest BCUT2D eigenvalue weighted by atomic mass is 10.1. The highest BCUT2D eigenvalue weighted by Gasteiger charge is 2.25. The summed E-state index contributed by atoms with van der Waals surface area (Å²) >= 11 is 1.34. The van der Waals surface area contributed by atoms with E-state index in [2.05, 4.69) is 4.98 Å². The molecule has 0 aliphatic heterocycles. The topological polar surface area (TPSA) is 59.2 Å². The number of benzene rings is 1. The third kappa shape index (κ3) is 3.64. The van der Waals surface area contributed by atoms with Crippen molar-refractivity contribution in [3.8, 4) is 0 Å². The lowest BCUT2D eigenvalue weighted by Gasteiger charge is -2.10. The number of H-pyrrole nitrogens is 1. The zero-order chi connectivity index (χ0) is 17.1. The Morgan fingerprint density at radius 2 is 1.83 bits per heavy atom. The number of ether oxygens (including phenoxy) is 1. The molecule has 0 aliphatic carbocycles. The predicted molar refractivity (Wildman–Crippen MR) is 87.7 cm³/mol. The maximum Gasteiger partial charge on any atom is 0.339 e. The molecule has 0 fully saturated rings. The molecule has 1 unspecified atom stereocenters. The van der Waals surface area contributed by atoms with Crippen LogP contribution in [-0.4, -0.2) is 29.1 Å². The molecule has 1 heterocycles. The Labute approximate surface area is 138 Å². The van der Waals surface area contributed by atoms with Gasteiger partial charge in [0.05, 0.1) is 23.6 Å². The van der Waals surface area contributed by atoms with Crippen LogP contribution < -0.4 is 0 Å². The molecule has 1 aromatic heterocycles. The van der Waals surface area contributed by atoms with E-state index in [-0.39, 0.29) is 16.9 Å². The van der Waals surface area contributed by atoms with Crippen molar-refractivity contribution in [2.24, 2.45) is 0 Å². The minimum absolute atomic E-state index is 0.116. The zero-order valence-corrected chi connectivity index (χ0v) is 14.2. The molecule has 122 valence electrons. The van der Waals surface area contributed by atoms with Gasteiger partial charge in [-0.15, -0.1) is 11.8 Å². The van der Waals surface area contributed by atoms with Crippen LogP contribution in [-0.2, 0) is 4.74 Å². The van der Waals surface area contributed by atoms with Crippen molar-refractivity contribution in [1.29, 1.82) is 0 Å². The van der Waals surface area contributed by atoms with Crippen LogP contribution in [0, 0.1) is 19.7 Å². The minimum atomic E-state index is -0.464. The molecule has 1 aromatic carbocycles. The third-order valence-corrected chi connectivity index (χ3v) is 4.68. The number of halogens is 1. The van der Waals surface area contributed by atoms with Crippen LogP contribution in [0.2, 0.25) is 0 Å². The van der Waals surface area contributed by atoms with Gasteiger partial charge in [-0.2, -0.15) is 0 Å². The summed E-state index contributed by atoms with van der Waals surface area (Å²) in [4.78, 5) is 28.2. The molecule has 2 aromatic rings. The first-order valence-electron chi connectivity index (χ1n) is 7.09. The van der Waals surface area contributed by atoms with Crippen molar-refractivity contribution >= 4 is 23.5 Å². The monoisotopic (exact) mass is 335 g/mol. The van der Waals surface area contributed by atoms with Crippen LogP contribution in [0.3, 0.4) is 0 Å². The standard InChI is InChI=1S/C17H18FNO3S/c1-9-14(17(21)22-4)10(2)19-15(9)16(20)11(3)23-13-7-5-12(18)6-8-13/h5-8,11,19H,1-4H3. The van der Waals surface area contributed by atoms with Gasteiger partial charge in [0.15, 0.2) is 5.78 Å². The van der Waals surface area contributed by atoms with E-state index in [0.717, 1.165) is 4.90 Å². The van der Waals surface area contributed by atoms with Crippen LogP contribution in [0.5, 0.6) is 0 Å². The first kappa shape index (κ1) is 17.3. The largest absolute Gasteiger partial charge is 0.465 e. The van der Waals surface area contributed by atoms with E-state index in [0.29, 0.717) is 22.5 Å². The van der Waals surface area contributed by atoms with Gasteiger partial charge in [-0.1, -0.05) is 0 Å². The Balaban J connectivity index is 2.23. The molecule has 4 nitrogen and oxygen atoms in total. The predicted octanol–water partition coefficient (Wildman–Crippen LogP) is 3.92. The molecule has 1 atom stereocenters. The molecule has 0 saturated carbocycles. The maximum absolute atomic E-state index is 12.9. The van der Waals surface area contributed by atoms with Gasteiger partial charge in [0.2, 0.25) is 0 Å². The summed E-state index contributed by atoms with van der Waals surface area (Å²) in [6.45, 7) is 5.23. The number of aromatic nitrogens is 1. The molecular weight excluding hydrogens is 317 g/mol. The van der Waals surface area contributed by atoms with Crippen molar-refractivity contribution < 1.29 is 18.7 Å². The Hall–Kier alpha value is -2.08. The molecule has 2 rings (SSSR count). The van der Waals surface area contributed by atoms with Gasteiger partial charge >= 0.3 is 5.97 Å². The summed E-state index contributed by atoms with van der Waals surface area (Å²) in [6, 6.07) is 5.99. The molecule has 0 bridgehead atoms. The molecule has 1 N–H and O–H groups in total. The van der Waals surface area contributed by atoms with Crippen molar-refractivity contribution in [3.05, 3.63) is 52.6 Å². The van der Waals surface area contributed by atoms with Crippen LogP contribution >= 0.6 is 11.8 Å². The van der Waals surface area contributed by atoms with Gasteiger partial charge < -0.3 is 9.72 Å². The van der Waals surface area contributed by atoms with Gasteiger partial charge in [-0.05, 0) is 50.6 Å². The Morgan fingerprint density at radius 1 is 1.22 bits per heavy atom. The average Bonchev–Trinajstić information content (AvgIpc) is 2.82. The summed E-state index contributed by atoms with van der Waals surface area (Å²) in [5.74, 6) is -0.892. The molecule has 6 heteroatoms. The lowest BCUT2D eigenvalue weighted by molar-refractivity contribution is 0.0599. The highest BCUT2D eigenvalue weighted by molar-refractivity contribution is 8.00. The number of methoxy groups -OCH3 is 1. The maximum atomic E-state index is 12.9. The van der Waals surface area contributed by atoms with E-state index in [9.17, 15) is 14.0 Å². The number of nitrogens with one attached hydrogen (secondary N) is 1. The normalized spacial score (nSPS) is 12.0. The van der Waals surface area contributed by atoms with E-state index in [1.54, 1.807) is 32.9 Å². The van der Waals surface area contributed by atoms with Crippen LogP contribution in [0.15, 0.2) is 29.2 Å². The molecule has 0 aliphatic rings. The first-order valence-corrected chi connectivity index (χ1v) is 7.97. The van der Waals surface area contributed by atoms with Crippen LogP contribution in [0.25, 0.3) is 0 Å². The fraction of sp³-hybridized carbons (Fsp3) is 0.294. The van der Waals surface area contributed by atoms with Gasteiger partial charge in [0, 0.05) is 10.6 Å². The first-order chi connectivity index (χ1) is 10.8. The number of rotatable bonds is 5. The van der Waals surface area contributed by atoms with E-state index in [1.165, 1.54) is 31.0 Å². The van der Waals surface area contributed by atoms with Gasteiger partial charge in [0.1, 0.15) is 5.82 Å². The molecule has 0 radical (unpaired) electrons. The smallest absolute Gasteiger partial charge is 0.339 e. The number of hydrogen-bond donors (Lipinski definition) is 1. The number of carbonyl (C=O) groups is 2. The number of ketones is 1. The average molecular weight is 335 g/mol. The molecule has 0 saturated heterocycles. The van der Waals surface area contributed by atoms with E-state index in [1.807, 2.05) is 0 Å². The SMILES string of the molecule is COC(=O)c1c(C)[nH]c(C(=O)C(C)Sc2ccc(F)cc2)c1C. The Bertz CT molecular complexity index is 737. The summed E-state index contributed by atoms with van der Waals surface area (Å²) in [6.07, 6.45) is 0. The van der Waals surface area contributed by atoms with Gasteiger partial charge in [0.25, 0.3) is 0 Å². The van der Waals surface area contributed by atoms with E-state index in [4.69, 9.17) is 4.74 Å². The second-order valence-electron chi connectivity index (χ2n) is 5.19.